The van der Waals surface area contributed by atoms with Crippen LogP contribution in [0.1, 0.15) is 252 Å². The van der Waals surface area contributed by atoms with Crippen LogP contribution in [0.3, 0.4) is 0 Å². The molecular weight excluding hydrogens is 701 g/mol. The van der Waals surface area contributed by atoms with Gasteiger partial charge in [0.2, 0.25) is 5.91 Å². The predicted octanol–water partition coefficient (Wildman–Crippen LogP) is 13.7. The molecular formula is C48H94N2O6. The summed E-state index contributed by atoms with van der Waals surface area (Å²) in [5.41, 5.74) is 0. The highest BCUT2D eigenvalue weighted by Crippen LogP contribution is 2.19. The third-order valence-electron chi connectivity index (χ3n) is 11.3. The Bertz CT molecular complexity index is 853. The van der Waals surface area contributed by atoms with Crippen molar-refractivity contribution in [2.24, 2.45) is 0 Å². The quantitative estimate of drug-likeness (QED) is 0.0284. The Morgan fingerprint density at radius 3 is 1.27 bits per heavy atom. The van der Waals surface area contributed by atoms with E-state index in [1.165, 1.54) is 116 Å². The van der Waals surface area contributed by atoms with Gasteiger partial charge in [0.05, 0.1) is 6.61 Å². The van der Waals surface area contributed by atoms with Crippen molar-refractivity contribution < 1.29 is 29.1 Å². The third-order valence-corrected chi connectivity index (χ3v) is 11.3. The lowest BCUT2D eigenvalue weighted by atomic mass is 10.0. The molecule has 0 saturated carbocycles. The molecule has 8 nitrogen and oxygen atoms in total. The van der Waals surface area contributed by atoms with Crippen LogP contribution in [0, 0.1) is 0 Å². The minimum atomic E-state index is -0.228. The Hall–Kier alpha value is -1.67. The molecule has 332 valence electrons. The lowest BCUT2D eigenvalue weighted by Crippen LogP contribution is -2.28. The van der Waals surface area contributed by atoms with Gasteiger partial charge < -0.3 is 14.4 Å². The zero-order valence-corrected chi connectivity index (χ0v) is 37.7. The number of hydrogen-bond donors (Lipinski definition) is 1. The number of carbonyl (C=O) groups is 3. The van der Waals surface area contributed by atoms with Crippen LogP contribution in [0.2, 0.25) is 0 Å². The standard InChI is InChI=1S/C48H94N2O6/c1-5-8-11-14-17-26-35-44-55-47(52)39-29-22-18-24-32-41-50(43-34-31-38-46(51)49(4)54)42-33-25-19-23-30-40-48(53)56-45(36-27-20-15-12-9-6-2)37-28-21-16-13-10-7-3/h45,54H,5-44H2,1-4H3. The van der Waals surface area contributed by atoms with E-state index in [-0.39, 0.29) is 23.9 Å². The highest BCUT2D eigenvalue weighted by Gasteiger charge is 2.15. The fourth-order valence-electron chi connectivity index (χ4n) is 7.51. The molecule has 0 aliphatic carbocycles. The van der Waals surface area contributed by atoms with Crippen molar-refractivity contribution in [1.29, 1.82) is 0 Å². The number of unbranched alkanes of at least 4 members (excludes halogenated alkanes) is 25. The molecule has 8 heteroatoms. The molecule has 0 atom stereocenters. The molecule has 0 aromatic heterocycles. The predicted molar refractivity (Wildman–Crippen MR) is 235 cm³/mol. The highest BCUT2D eigenvalue weighted by atomic mass is 16.5. The van der Waals surface area contributed by atoms with E-state index < -0.39 is 0 Å². The normalized spacial score (nSPS) is 11.5. The minimum absolute atomic E-state index is 0.00255. The number of hydroxylamine groups is 2. The fraction of sp³-hybridized carbons (Fsp3) is 0.938. The first-order valence-electron chi connectivity index (χ1n) is 24.4. The molecule has 1 amide bonds. The molecule has 0 unspecified atom stereocenters. The van der Waals surface area contributed by atoms with Gasteiger partial charge in [-0.1, -0.05) is 162 Å². The summed E-state index contributed by atoms with van der Waals surface area (Å²) in [4.78, 5) is 39.2. The molecule has 56 heavy (non-hydrogen) atoms. The van der Waals surface area contributed by atoms with Gasteiger partial charge in [0, 0.05) is 26.3 Å². The Balaban J connectivity index is 4.35. The first-order valence-corrected chi connectivity index (χ1v) is 24.4. The number of ether oxygens (including phenoxy) is 2. The molecule has 0 saturated heterocycles. The van der Waals surface area contributed by atoms with Gasteiger partial charge in [-0.15, -0.1) is 0 Å². The molecule has 0 bridgehead atoms. The number of nitrogens with zero attached hydrogens (tertiary/aromatic N) is 2. The largest absolute Gasteiger partial charge is 0.466 e. The molecule has 0 fully saturated rings. The number of carbonyl (C=O) groups excluding carboxylic acids is 3. The zero-order valence-electron chi connectivity index (χ0n) is 37.7. The molecule has 0 aliphatic rings. The highest BCUT2D eigenvalue weighted by molar-refractivity contribution is 5.74. The lowest BCUT2D eigenvalue weighted by molar-refractivity contribution is -0.159. The van der Waals surface area contributed by atoms with Gasteiger partial charge in [-0.2, -0.15) is 0 Å². The Labute approximate surface area is 347 Å². The summed E-state index contributed by atoms with van der Waals surface area (Å²) in [5.74, 6) is -0.268. The first-order chi connectivity index (χ1) is 27.3. The van der Waals surface area contributed by atoms with Gasteiger partial charge in [-0.05, 0) is 90.3 Å². The molecule has 0 heterocycles. The van der Waals surface area contributed by atoms with Crippen molar-refractivity contribution in [2.75, 3.05) is 33.3 Å². The Kier molecular flexibility index (Phi) is 41.6. The second-order valence-corrected chi connectivity index (χ2v) is 16.8. The van der Waals surface area contributed by atoms with Crippen LogP contribution in [0.4, 0.5) is 0 Å². The zero-order chi connectivity index (χ0) is 41.2. The second-order valence-electron chi connectivity index (χ2n) is 16.8. The van der Waals surface area contributed by atoms with Gasteiger partial charge in [0.15, 0.2) is 0 Å². The molecule has 0 spiro atoms. The lowest BCUT2D eigenvalue weighted by Gasteiger charge is -2.22. The summed E-state index contributed by atoms with van der Waals surface area (Å²) < 4.78 is 11.5. The van der Waals surface area contributed by atoms with E-state index >= 15 is 0 Å². The summed E-state index contributed by atoms with van der Waals surface area (Å²) in [6.45, 7) is 10.4. The van der Waals surface area contributed by atoms with E-state index in [2.05, 4.69) is 25.7 Å². The molecule has 0 aromatic rings. The van der Waals surface area contributed by atoms with Gasteiger partial charge in [0.1, 0.15) is 6.10 Å². The SMILES string of the molecule is CCCCCCCCCOC(=O)CCCCCCCN(CCCCCCCC(=O)OC(CCCCCCCC)CCCCCCCC)CCCCC(=O)N(C)O. The second kappa shape index (κ2) is 42.9. The van der Waals surface area contributed by atoms with Crippen LogP contribution >= 0.6 is 0 Å². The van der Waals surface area contributed by atoms with Gasteiger partial charge in [-0.25, -0.2) is 5.06 Å². The summed E-state index contributed by atoms with van der Waals surface area (Å²) in [7, 11) is 1.39. The van der Waals surface area contributed by atoms with Crippen LogP contribution in [0.15, 0.2) is 0 Å². The maximum absolute atomic E-state index is 12.8. The molecule has 0 aliphatic heterocycles. The van der Waals surface area contributed by atoms with E-state index in [0.717, 1.165) is 122 Å². The topological polar surface area (TPSA) is 96.4 Å². The number of hydrogen-bond acceptors (Lipinski definition) is 7. The monoisotopic (exact) mass is 795 g/mol. The van der Waals surface area contributed by atoms with E-state index in [1.807, 2.05) is 0 Å². The molecule has 0 aromatic carbocycles. The van der Waals surface area contributed by atoms with Crippen molar-refractivity contribution in [3.05, 3.63) is 0 Å². The maximum atomic E-state index is 12.8. The van der Waals surface area contributed by atoms with Crippen molar-refractivity contribution in [3.63, 3.8) is 0 Å². The molecule has 1 N–H and O–H groups in total. The van der Waals surface area contributed by atoms with E-state index in [9.17, 15) is 19.6 Å². The first kappa shape index (κ1) is 54.3. The Morgan fingerprint density at radius 2 is 0.804 bits per heavy atom. The summed E-state index contributed by atoms with van der Waals surface area (Å²) >= 11 is 0. The maximum Gasteiger partial charge on any atom is 0.306 e. The molecule has 0 rings (SSSR count). The number of esters is 2. The number of amides is 1. The molecule has 0 radical (unpaired) electrons. The summed E-state index contributed by atoms with van der Waals surface area (Å²) in [5, 5.41) is 10.1. The van der Waals surface area contributed by atoms with Crippen molar-refractivity contribution in [3.8, 4) is 0 Å². The van der Waals surface area contributed by atoms with Crippen LogP contribution in [-0.4, -0.2) is 72.4 Å². The Morgan fingerprint density at radius 1 is 0.446 bits per heavy atom. The van der Waals surface area contributed by atoms with Crippen LogP contribution in [-0.2, 0) is 23.9 Å². The van der Waals surface area contributed by atoms with E-state index in [1.54, 1.807) is 0 Å². The number of rotatable bonds is 44. The van der Waals surface area contributed by atoms with Gasteiger partial charge >= 0.3 is 11.9 Å². The average Bonchev–Trinajstić information content (AvgIpc) is 3.18. The van der Waals surface area contributed by atoms with E-state index in [4.69, 9.17) is 9.47 Å². The van der Waals surface area contributed by atoms with Gasteiger partial charge in [-0.3, -0.25) is 19.6 Å². The summed E-state index contributed by atoms with van der Waals surface area (Å²) in [6, 6.07) is 0. The smallest absolute Gasteiger partial charge is 0.306 e. The van der Waals surface area contributed by atoms with Crippen LogP contribution in [0.25, 0.3) is 0 Å². The van der Waals surface area contributed by atoms with Crippen molar-refractivity contribution >= 4 is 17.8 Å². The summed E-state index contributed by atoms with van der Waals surface area (Å²) in [6.07, 6.45) is 40.0. The van der Waals surface area contributed by atoms with Gasteiger partial charge in [0.25, 0.3) is 0 Å². The van der Waals surface area contributed by atoms with Crippen LogP contribution in [0.5, 0.6) is 0 Å². The van der Waals surface area contributed by atoms with Crippen molar-refractivity contribution in [1.82, 2.24) is 9.96 Å². The minimum Gasteiger partial charge on any atom is -0.466 e. The van der Waals surface area contributed by atoms with E-state index in [0.29, 0.717) is 30.9 Å². The third kappa shape index (κ3) is 39.2. The van der Waals surface area contributed by atoms with Crippen LogP contribution < -0.4 is 0 Å². The van der Waals surface area contributed by atoms with Crippen molar-refractivity contribution in [2.45, 2.75) is 258 Å². The average molecular weight is 795 g/mol. The fourth-order valence-corrected chi connectivity index (χ4v) is 7.51.